The second kappa shape index (κ2) is 6.20. The van der Waals surface area contributed by atoms with Crippen LogP contribution in [0.5, 0.6) is 5.75 Å². The van der Waals surface area contributed by atoms with Crippen LogP contribution in [-0.2, 0) is 6.61 Å². The molecule has 0 amide bonds. The van der Waals surface area contributed by atoms with Gasteiger partial charge >= 0.3 is 0 Å². The van der Waals surface area contributed by atoms with E-state index in [0.29, 0.717) is 16.9 Å². The SMILES string of the molecule is C[C@H](N)c1ccc(OCc2ccc(Cl)c(F)c2)cc1F. The summed E-state index contributed by atoms with van der Waals surface area (Å²) in [6.07, 6.45) is 0. The predicted molar refractivity (Wildman–Crippen MR) is 74.7 cm³/mol. The molecule has 0 aliphatic rings. The minimum atomic E-state index is -0.508. The van der Waals surface area contributed by atoms with E-state index >= 15 is 0 Å². The zero-order chi connectivity index (χ0) is 14.7. The Labute approximate surface area is 121 Å². The van der Waals surface area contributed by atoms with Crippen LogP contribution in [0, 0.1) is 11.6 Å². The molecular weight excluding hydrogens is 284 g/mol. The zero-order valence-electron chi connectivity index (χ0n) is 10.9. The van der Waals surface area contributed by atoms with Gasteiger partial charge in [-0.05, 0) is 30.7 Å². The maximum absolute atomic E-state index is 13.7. The third kappa shape index (κ3) is 3.46. The maximum atomic E-state index is 13.7. The van der Waals surface area contributed by atoms with Gasteiger partial charge in [0, 0.05) is 17.7 Å². The topological polar surface area (TPSA) is 35.2 Å². The van der Waals surface area contributed by atoms with Gasteiger partial charge in [0.1, 0.15) is 24.0 Å². The minimum Gasteiger partial charge on any atom is -0.489 e. The molecule has 2 nitrogen and oxygen atoms in total. The van der Waals surface area contributed by atoms with E-state index in [4.69, 9.17) is 22.1 Å². The first-order chi connectivity index (χ1) is 9.47. The average molecular weight is 298 g/mol. The van der Waals surface area contributed by atoms with Gasteiger partial charge in [-0.25, -0.2) is 8.78 Å². The summed E-state index contributed by atoms with van der Waals surface area (Å²) in [6.45, 7) is 1.83. The molecule has 0 saturated carbocycles. The lowest BCUT2D eigenvalue weighted by Gasteiger charge is -2.10. The van der Waals surface area contributed by atoms with Crippen LogP contribution in [0.1, 0.15) is 24.1 Å². The third-order valence-corrected chi connectivity index (χ3v) is 3.16. The van der Waals surface area contributed by atoms with Gasteiger partial charge in [-0.1, -0.05) is 23.7 Å². The van der Waals surface area contributed by atoms with Crippen molar-refractivity contribution in [3.8, 4) is 5.75 Å². The second-order valence-corrected chi connectivity index (χ2v) is 4.92. The van der Waals surface area contributed by atoms with E-state index < -0.39 is 11.6 Å². The summed E-state index contributed by atoms with van der Waals surface area (Å²) in [5.41, 5.74) is 6.67. The van der Waals surface area contributed by atoms with Crippen LogP contribution in [0.2, 0.25) is 5.02 Å². The molecule has 0 unspecified atom stereocenters. The first-order valence-corrected chi connectivity index (χ1v) is 6.47. The minimum absolute atomic E-state index is 0.0566. The summed E-state index contributed by atoms with van der Waals surface area (Å²) in [5, 5.41) is 0.0566. The van der Waals surface area contributed by atoms with Crippen LogP contribution in [0.3, 0.4) is 0 Å². The molecule has 1 atom stereocenters. The molecule has 2 aromatic rings. The van der Waals surface area contributed by atoms with Crippen molar-refractivity contribution < 1.29 is 13.5 Å². The number of nitrogens with two attached hydrogens (primary N) is 1. The van der Waals surface area contributed by atoms with E-state index in [1.165, 1.54) is 18.2 Å². The first kappa shape index (κ1) is 14.8. The normalized spacial score (nSPS) is 12.2. The molecule has 0 bridgehead atoms. The van der Waals surface area contributed by atoms with Crippen molar-refractivity contribution in [2.45, 2.75) is 19.6 Å². The van der Waals surface area contributed by atoms with Gasteiger partial charge in [-0.15, -0.1) is 0 Å². The Balaban J connectivity index is 2.07. The van der Waals surface area contributed by atoms with E-state index in [0.717, 1.165) is 0 Å². The molecule has 2 N–H and O–H groups in total. The summed E-state index contributed by atoms with van der Waals surface area (Å²) in [4.78, 5) is 0. The lowest BCUT2D eigenvalue weighted by Crippen LogP contribution is -2.07. The van der Waals surface area contributed by atoms with Gasteiger partial charge in [0.25, 0.3) is 0 Å². The van der Waals surface area contributed by atoms with Crippen LogP contribution < -0.4 is 10.5 Å². The molecule has 106 valence electrons. The quantitative estimate of drug-likeness (QED) is 0.917. The average Bonchev–Trinajstić information content (AvgIpc) is 2.40. The molecule has 0 aliphatic carbocycles. The van der Waals surface area contributed by atoms with Crippen molar-refractivity contribution in [3.05, 3.63) is 64.2 Å². The molecule has 0 radical (unpaired) electrons. The number of hydrogen-bond acceptors (Lipinski definition) is 2. The van der Waals surface area contributed by atoms with Gasteiger partial charge < -0.3 is 10.5 Å². The van der Waals surface area contributed by atoms with Crippen LogP contribution in [0.25, 0.3) is 0 Å². The second-order valence-electron chi connectivity index (χ2n) is 4.51. The molecule has 0 fully saturated rings. The number of hydrogen-bond donors (Lipinski definition) is 1. The van der Waals surface area contributed by atoms with Gasteiger partial charge in [-0.2, -0.15) is 0 Å². The van der Waals surface area contributed by atoms with Gasteiger partial charge in [0.2, 0.25) is 0 Å². The molecule has 2 rings (SSSR count). The molecule has 20 heavy (non-hydrogen) atoms. The van der Waals surface area contributed by atoms with Gasteiger partial charge in [-0.3, -0.25) is 0 Å². The fraction of sp³-hybridized carbons (Fsp3) is 0.200. The standard InChI is InChI=1S/C15H14ClF2NO/c1-9(19)12-4-3-11(7-14(12)17)20-8-10-2-5-13(16)15(18)6-10/h2-7,9H,8,19H2,1H3/t9-/m0/s1. The van der Waals surface area contributed by atoms with Crippen molar-refractivity contribution in [1.82, 2.24) is 0 Å². The largest absolute Gasteiger partial charge is 0.489 e. The van der Waals surface area contributed by atoms with E-state index in [-0.39, 0.29) is 17.7 Å². The molecule has 2 aromatic carbocycles. The molecule has 0 saturated heterocycles. The fourth-order valence-corrected chi connectivity index (χ4v) is 1.88. The van der Waals surface area contributed by atoms with Crippen molar-refractivity contribution in [2.24, 2.45) is 5.73 Å². The monoisotopic (exact) mass is 297 g/mol. The molecular formula is C15H14ClF2NO. The van der Waals surface area contributed by atoms with Crippen LogP contribution in [0.4, 0.5) is 8.78 Å². The fourth-order valence-electron chi connectivity index (χ4n) is 1.76. The summed E-state index contributed by atoms with van der Waals surface area (Å²) in [6, 6.07) is 8.49. The van der Waals surface area contributed by atoms with Crippen LogP contribution >= 0.6 is 11.6 Å². The van der Waals surface area contributed by atoms with Crippen molar-refractivity contribution in [2.75, 3.05) is 0 Å². The smallest absolute Gasteiger partial charge is 0.142 e. The van der Waals surface area contributed by atoms with E-state index in [9.17, 15) is 8.78 Å². The van der Waals surface area contributed by atoms with Gasteiger partial charge in [0.05, 0.1) is 5.02 Å². The van der Waals surface area contributed by atoms with Crippen molar-refractivity contribution in [1.29, 1.82) is 0 Å². The Bertz CT molecular complexity index is 617. The molecule has 5 heteroatoms. The van der Waals surface area contributed by atoms with Crippen LogP contribution in [-0.4, -0.2) is 0 Å². The number of halogens is 3. The third-order valence-electron chi connectivity index (χ3n) is 2.85. The summed E-state index contributed by atoms with van der Waals surface area (Å²) >= 11 is 5.59. The number of benzene rings is 2. The van der Waals surface area contributed by atoms with Gasteiger partial charge in [0.15, 0.2) is 0 Å². The Morgan fingerprint density at radius 1 is 1.15 bits per heavy atom. The summed E-state index contributed by atoms with van der Waals surface area (Å²) in [7, 11) is 0. The van der Waals surface area contributed by atoms with E-state index in [2.05, 4.69) is 0 Å². The van der Waals surface area contributed by atoms with Crippen molar-refractivity contribution >= 4 is 11.6 Å². The predicted octanol–water partition coefficient (Wildman–Crippen LogP) is 4.22. The highest BCUT2D eigenvalue weighted by Crippen LogP contribution is 2.22. The highest BCUT2D eigenvalue weighted by molar-refractivity contribution is 6.30. The number of rotatable bonds is 4. The van der Waals surface area contributed by atoms with E-state index in [1.807, 2.05) is 0 Å². The zero-order valence-corrected chi connectivity index (χ0v) is 11.6. The Morgan fingerprint density at radius 3 is 2.50 bits per heavy atom. The Kier molecular flexibility index (Phi) is 4.57. The molecule has 0 aromatic heterocycles. The Morgan fingerprint density at radius 2 is 1.90 bits per heavy atom. The lowest BCUT2D eigenvalue weighted by atomic mass is 10.1. The van der Waals surface area contributed by atoms with Crippen molar-refractivity contribution in [3.63, 3.8) is 0 Å². The summed E-state index contributed by atoms with van der Waals surface area (Å²) in [5.74, 6) is -0.562. The first-order valence-electron chi connectivity index (χ1n) is 6.09. The maximum Gasteiger partial charge on any atom is 0.142 e. The highest BCUT2D eigenvalue weighted by Gasteiger charge is 2.08. The number of ether oxygens (including phenoxy) is 1. The highest BCUT2D eigenvalue weighted by atomic mass is 35.5. The Hall–Kier alpha value is -1.65. The lowest BCUT2D eigenvalue weighted by molar-refractivity contribution is 0.303. The molecule has 0 spiro atoms. The molecule has 0 aliphatic heterocycles. The van der Waals surface area contributed by atoms with Crippen LogP contribution in [0.15, 0.2) is 36.4 Å². The molecule has 0 heterocycles. The van der Waals surface area contributed by atoms with E-state index in [1.54, 1.807) is 25.1 Å². The summed E-state index contributed by atoms with van der Waals surface area (Å²) < 4.78 is 32.4.